The van der Waals surface area contributed by atoms with Gasteiger partial charge in [-0.3, -0.25) is 0 Å². The minimum absolute atomic E-state index is 0.404. The molecule has 2 aromatic heterocycles. The van der Waals surface area contributed by atoms with E-state index < -0.39 is 0 Å². The molecule has 0 bridgehead atoms. The third-order valence-electron chi connectivity index (χ3n) is 4.24. The highest BCUT2D eigenvalue weighted by Crippen LogP contribution is 2.34. The van der Waals surface area contributed by atoms with Gasteiger partial charge in [-0.15, -0.1) is 5.10 Å². The van der Waals surface area contributed by atoms with Crippen LogP contribution in [-0.4, -0.2) is 53.2 Å². The molecule has 2 aliphatic heterocycles. The van der Waals surface area contributed by atoms with Crippen molar-refractivity contribution in [3.05, 3.63) is 18.5 Å². The van der Waals surface area contributed by atoms with Gasteiger partial charge in [0.2, 0.25) is 5.95 Å². The third-order valence-corrected chi connectivity index (χ3v) is 4.24. The molecular formula is C15H19N7O2. The number of nitrogens with one attached hydrogen (secondary N) is 2. The summed E-state index contributed by atoms with van der Waals surface area (Å²) < 4.78 is 10.7. The lowest BCUT2D eigenvalue weighted by Crippen LogP contribution is -2.39. The van der Waals surface area contributed by atoms with Crippen LogP contribution >= 0.6 is 0 Å². The third kappa shape index (κ3) is 2.78. The van der Waals surface area contributed by atoms with Crippen LogP contribution in [0.4, 0.5) is 23.1 Å². The second kappa shape index (κ2) is 6.44. The molecule has 2 aromatic rings. The van der Waals surface area contributed by atoms with Gasteiger partial charge in [0.25, 0.3) is 5.88 Å². The number of rotatable bonds is 4. The maximum Gasteiger partial charge on any atom is 0.257 e. The Labute approximate surface area is 139 Å². The number of hydrogen-bond acceptors (Lipinski definition) is 9. The van der Waals surface area contributed by atoms with Crippen molar-refractivity contribution in [3.8, 4) is 5.88 Å². The molecule has 0 aliphatic carbocycles. The van der Waals surface area contributed by atoms with Crippen LogP contribution < -0.4 is 20.3 Å². The number of fused-ring (bicyclic) bond motifs is 1. The normalized spacial score (nSPS) is 17.3. The Morgan fingerprint density at radius 1 is 1.38 bits per heavy atom. The van der Waals surface area contributed by atoms with E-state index in [4.69, 9.17) is 9.47 Å². The van der Waals surface area contributed by atoms with Crippen molar-refractivity contribution in [3.63, 3.8) is 0 Å². The van der Waals surface area contributed by atoms with Crippen molar-refractivity contribution in [2.24, 2.45) is 0 Å². The topological polar surface area (TPSA) is 97.3 Å². The number of anilines is 4. The summed E-state index contributed by atoms with van der Waals surface area (Å²) in [6.07, 6.45) is 5.41. The molecule has 0 atom stereocenters. The van der Waals surface area contributed by atoms with Gasteiger partial charge >= 0.3 is 0 Å². The van der Waals surface area contributed by atoms with E-state index in [1.54, 1.807) is 25.6 Å². The van der Waals surface area contributed by atoms with Crippen LogP contribution in [0, 0.1) is 0 Å². The lowest BCUT2D eigenvalue weighted by atomic mass is 10.1. The lowest BCUT2D eigenvalue weighted by molar-refractivity contribution is 0.0849. The van der Waals surface area contributed by atoms with E-state index in [0.717, 1.165) is 44.2 Å². The molecule has 0 radical (unpaired) electrons. The Hall–Kier alpha value is -2.68. The molecule has 2 N–H and O–H groups in total. The van der Waals surface area contributed by atoms with Crippen LogP contribution in [-0.2, 0) is 4.74 Å². The van der Waals surface area contributed by atoms with Gasteiger partial charge < -0.3 is 25.0 Å². The fraction of sp³-hybridized carbons (Fsp3) is 0.467. The average molecular weight is 329 g/mol. The number of ether oxygens (including phenoxy) is 2. The Morgan fingerprint density at radius 2 is 2.25 bits per heavy atom. The zero-order valence-corrected chi connectivity index (χ0v) is 13.4. The van der Waals surface area contributed by atoms with Gasteiger partial charge in [-0.1, -0.05) is 0 Å². The highest BCUT2D eigenvalue weighted by atomic mass is 16.5. The highest BCUT2D eigenvalue weighted by Gasteiger charge is 2.29. The monoisotopic (exact) mass is 329 g/mol. The quantitative estimate of drug-likeness (QED) is 0.862. The van der Waals surface area contributed by atoms with E-state index in [9.17, 15) is 0 Å². The fourth-order valence-corrected chi connectivity index (χ4v) is 3.01. The fourth-order valence-electron chi connectivity index (χ4n) is 3.01. The maximum atomic E-state index is 5.46. The molecule has 9 heteroatoms. The summed E-state index contributed by atoms with van der Waals surface area (Å²) in [7, 11) is 1.55. The summed E-state index contributed by atoms with van der Waals surface area (Å²) in [6, 6.07) is 2.21. The first-order valence-electron chi connectivity index (χ1n) is 7.93. The molecule has 0 saturated carbocycles. The molecule has 126 valence electrons. The minimum atomic E-state index is 0.404. The summed E-state index contributed by atoms with van der Waals surface area (Å²) >= 11 is 0. The van der Waals surface area contributed by atoms with Gasteiger partial charge in [0.15, 0.2) is 5.82 Å². The molecule has 4 heterocycles. The van der Waals surface area contributed by atoms with Crippen molar-refractivity contribution in [1.82, 2.24) is 20.2 Å². The van der Waals surface area contributed by atoms with E-state index in [-0.39, 0.29) is 0 Å². The summed E-state index contributed by atoms with van der Waals surface area (Å²) in [4.78, 5) is 11.3. The Balaban J connectivity index is 1.58. The van der Waals surface area contributed by atoms with Crippen molar-refractivity contribution in [2.75, 3.05) is 42.5 Å². The molecule has 9 nitrogen and oxygen atoms in total. The predicted octanol–water partition coefficient (Wildman–Crippen LogP) is 1.39. The molecule has 2 aliphatic rings. The summed E-state index contributed by atoms with van der Waals surface area (Å²) in [6.45, 7) is 2.34. The molecule has 1 saturated heterocycles. The van der Waals surface area contributed by atoms with E-state index in [1.807, 2.05) is 0 Å². The van der Waals surface area contributed by atoms with E-state index in [1.165, 1.54) is 0 Å². The van der Waals surface area contributed by atoms with Crippen LogP contribution in [0.1, 0.15) is 12.8 Å². The maximum absolute atomic E-state index is 5.46. The Morgan fingerprint density at radius 3 is 3.08 bits per heavy atom. The van der Waals surface area contributed by atoms with Crippen molar-refractivity contribution < 1.29 is 9.47 Å². The number of hydrogen-bond donors (Lipinski definition) is 2. The van der Waals surface area contributed by atoms with Crippen LogP contribution in [0.3, 0.4) is 0 Å². The molecule has 0 amide bonds. The minimum Gasteiger partial charge on any atom is -0.478 e. The van der Waals surface area contributed by atoms with Gasteiger partial charge in [0.05, 0.1) is 31.9 Å². The molecule has 1 fully saturated rings. The van der Waals surface area contributed by atoms with Gasteiger partial charge in [-0.25, -0.2) is 4.98 Å². The lowest BCUT2D eigenvalue weighted by Gasteiger charge is -2.31. The highest BCUT2D eigenvalue weighted by molar-refractivity contribution is 5.72. The summed E-state index contributed by atoms with van der Waals surface area (Å²) in [5.41, 5.74) is 1.63. The molecule has 0 aromatic carbocycles. The zero-order chi connectivity index (χ0) is 16.4. The Bertz CT molecular complexity index is 721. The molecular weight excluding hydrogens is 310 g/mol. The van der Waals surface area contributed by atoms with E-state index in [2.05, 4.69) is 35.7 Å². The average Bonchev–Trinajstić information content (AvgIpc) is 3.06. The zero-order valence-electron chi connectivity index (χ0n) is 13.4. The van der Waals surface area contributed by atoms with Crippen LogP contribution in [0.2, 0.25) is 0 Å². The van der Waals surface area contributed by atoms with Gasteiger partial charge in [-0.05, 0) is 18.9 Å². The SMILES string of the molecule is COc1nnccc1Nc1ncc2c(n1)N(C1CCOCC1)CN2. The van der Waals surface area contributed by atoms with Crippen molar-refractivity contribution >= 4 is 23.1 Å². The number of methoxy groups -OCH3 is 1. The second-order valence-electron chi connectivity index (χ2n) is 5.66. The Kier molecular flexibility index (Phi) is 3.99. The van der Waals surface area contributed by atoms with Gasteiger partial charge in [0, 0.05) is 19.3 Å². The van der Waals surface area contributed by atoms with Crippen molar-refractivity contribution in [1.29, 1.82) is 0 Å². The first-order chi connectivity index (χ1) is 11.8. The molecule has 24 heavy (non-hydrogen) atoms. The van der Waals surface area contributed by atoms with E-state index in [0.29, 0.717) is 23.6 Å². The number of aromatic nitrogens is 4. The molecule has 0 unspecified atom stereocenters. The van der Waals surface area contributed by atoms with Crippen molar-refractivity contribution in [2.45, 2.75) is 18.9 Å². The first kappa shape index (κ1) is 14.9. The first-order valence-corrected chi connectivity index (χ1v) is 7.93. The second-order valence-corrected chi connectivity index (χ2v) is 5.66. The molecule has 4 rings (SSSR count). The van der Waals surface area contributed by atoms with Gasteiger partial charge in [0.1, 0.15) is 5.69 Å². The number of nitrogens with zero attached hydrogens (tertiary/aromatic N) is 5. The summed E-state index contributed by atoms with van der Waals surface area (Å²) in [5, 5.41) is 14.2. The van der Waals surface area contributed by atoms with Gasteiger partial charge in [-0.2, -0.15) is 10.1 Å². The molecule has 0 spiro atoms. The summed E-state index contributed by atoms with van der Waals surface area (Å²) in [5.74, 6) is 1.82. The standard InChI is InChI=1S/C15H19N7O2/c1-23-14-11(2-5-18-21-14)19-15-16-8-12-13(20-15)22(9-17-12)10-3-6-24-7-4-10/h2,5,8,10,17H,3-4,6-7,9H2,1H3,(H,16,18,19,20). The van der Waals surface area contributed by atoms with Crippen LogP contribution in [0.5, 0.6) is 5.88 Å². The largest absolute Gasteiger partial charge is 0.478 e. The smallest absolute Gasteiger partial charge is 0.257 e. The predicted molar refractivity (Wildman–Crippen MR) is 88.7 cm³/mol. The van der Waals surface area contributed by atoms with Crippen LogP contribution in [0.15, 0.2) is 18.5 Å². The van der Waals surface area contributed by atoms with E-state index >= 15 is 0 Å². The van der Waals surface area contributed by atoms with Crippen LogP contribution in [0.25, 0.3) is 0 Å².